The number of unbranched alkanes of at least 4 members (excludes halogenated alkanes) is 1. The molecule has 0 spiro atoms. The van der Waals surface area contributed by atoms with E-state index in [-0.39, 0.29) is 0 Å². The topological polar surface area (TPSA) is 63.7 Å². The summed E-state index contributed by atoms with van der Waals surface area (Å²) in [5, 5.41) is 12.8. The monoisotopic (exact) mass is 142 g/mol. The maximum absolute atomic E-state index is 5.09. The lowest BCUT2D eigenvalue weighted by atomic mass is 10.4. The quantitative estimate of drug-likeness (QED) is 0.617. The SMILES string of the molecule is CCCCOc1nnn[nH]1. The van der Waals surface area contributed by atoms with Crippen molar-refractivity contribution in [1.82, 2.24) is 20.6 Å². The van der Waals surface area contributed by atoms with Crippen LogP contribution >= 0.6 is 0 Å². The van der Waals surface area contributed by atoms with Crippen LogP contribution in [0.15, 0.2) is 0 Å². The molecule has 0 aliphatic rings. The van der Waals surface area contributed by atoms with Crippen LogP contribution in [-0.2, 0) is 0 Å². The molecule has 1 heterocycles. The second-order valence-electron chi connectivity index (χ2n) is 1.91. The summed E-state index contributed by atoms with van der Waals surface area (Å²) in [5.41, 5.74) is 0. The van der Waals surface area contributed by atoms with Crippen LogP contribution in [0.4, 0.5) is 0 Å². The maximum atomic E-state index is 5.09. The van der Waals surface area contributed by atoms with Crippen molar-refractivity contribution >= 4 is 0 Å². The predicted molar refractivity (Wildman–Crippen MR) is 34.6 cm³/mol. The number of hydrogen-bond donors (Lipinski definition) is 1. The fourth-order valence-electron chi connectivity index (χ4n) is 0.525. The first-order chi connectivity index (χ1) is 4.93. The first-order valence-electron chi connectivity index (χ1n) is 3.30. The summed E-state index contributed by atoms with van der Waals surface area (Å²) < 4.78 is 5.09. The van der Waals surface area contributed by atoms with Gasteiger partial charge >= 0.3 is 6.01 Å². The third kappa shape index (κ3) is 2.00. The van der Waals surface area contributed by atoms with Gasteiger partial charge in [0.2, 0.25) is 0 Å². The van der Waals surface area contributed by atoms with Gasteiger partial charge in [-0.15, -0.1) is 0 Å². The van der Waals surface area contributed by atoms with Gasteiger partial charge in [-0.1, -0.05) is 18.4 Å². The van der Waals surface area contributed by atoms with E-state index in [2.05, 4.69) is 27.5 Å². The Morgan fingerprint density at radius 1 is 1.60 bits per heavy atom. The van der Waals surface area contributed by atoms with E-state index in [9.17, 15) is 0 Å². The van der Waals surface area contributed by atoms with E-state index in [0.29, 0.717) is 12.6 Å². The van der Waals surface area contributed by atoms with E-state index in [0.717, 1.165) is 12.8 Å². The number of nitrogens with one attached hydrogen (secondary N) is 1. The molecule has 0 aliphatic heterocycles. The van der Waals surface area contributed by atoms with Crippen molar-refractivity contribution in [1.29, 1.82) is 0 Å². The van der Waals surface area contributed by atoms with E-state index in [1.54, 1.807) is 0 Å². The Morgan fingerprint density at radius 3 is 3.10 bits per heavy atom. The molecule has 5 nitrogen and oxygen atoms in total. The summed E-state index contributed by atoms with van der Waals surface area (Å²) in [6.45, 7) is 2.77. The van der Waals surface area contributed by atoms with E-state index in [1.807, 2.05) is 0 Å². The van der Waals surface area contributed by atoms with Crippen LogP contribution in [-0.4, -0.2) is 27.2 Å². The van der Waals surface area contributed by atoms with Crippen molar-refractivity contribution in [3.8, 4) is 6.01 Å². The van der Waals surface area contributed by atoms with Gasteiger partial charge in [-0.3, -0.25) is 0 Å². The van der Waals surface area contributed by atoms with Crippen LogP contribution in [0.5, 0.6) is 6.01 Å². The molecule has 0 radical (unpaired) electrons. The van der Waals surface area contributed by atoms with Crippen molar-refractivity contribution in [3.63, 3.8) is 0 Å². The highest BCUT2D eigenvalue weighted by atomic mass is 16.5. The second kappa shape index (κ2) is 3.81. The van der Waals surface area contributed by atoms with E-state index < -0.39 is 0 Å². The first kappa shape index (κ1) is 6.98. The van der Waals surface area contributed by atoms with Gasteiger partial charge < -0.3 is 4.74 Å². The van der Waals surface area contributed by atoms with Crippen molar-refractivity contribution < 1.29 is 4.74 Å². The number of aromatic amines is 1. The van der Waals surface area contributed by atoms with Gasteiger partial charge in [0.1, 0.15) is 0 Å². The normalized spacial score (nSPS) is 9.70. The molecule has 0 saturated heterocycles. The molecule has 1 N–H and O–H groups in total. The Morgan fingerprint density at radius 2 is 2.50 bits per heavy atom. The molecule has 1 aromatic rings. The lowest BCUT2D eigenvalue weighted by molar-refractivity contribution is 0.285. The van der Waals surface area contributed by atoms with E-state index in [1.165, 1.54) is 0 Å². The van der Waals surface area contributed by atoms with Gasteiger partial charge in [0.25, 0.3) is 0 Å². The summed E-state index contributed by atoms with van der Waals surface area (Å²) in [6.07, 6.45) is 2.14. The summed E-state index contributed by atoms with van der Waals surface area (Å²) in [5.74, 6) is 0. The maximum Gasteiger partial charge on any atom is 0.332 e. The molecule has 5 heteroatoms. The Balaban J connectivity index is 2.15. The summed E-state index contributed by atoms with van der Waals surface area (Å²) in [7, 11) is 0. The Bertz CT molecular complexity index is 162. The fourth-order valence-corrected chi connectivity index (χ4v) is 0.525. The molecule has 0 amide bonds. The van der Waals surface area contributed by atoms with Crippen LogP contribution in [0.1, 0.15) is 19.8 Å². The zero-order valence-electron chi connectivity index (χ0n) is 5.87. The van der Waals surface area contributed by atoms with Crippen molar-refractivity contribution in [3.05, 3.63) is 0 Å². The smallest absolute Gasteiger partial charge is 0.332 e. The van der Waals surface area contributed by atoms with Crippen molar-refractivity contribution in [2.75, 3.05) is 6.61 Å². The minimum atomic E-state index is 0.397. The highest BCUT2D eigenvalue weighted by Gasteiger charge is 1.93. The average Bonchev–Trinajstić information content (AvgIpc) is 2.41. The highest BCUT2D eigenvalue weighted by Crippen LogP contribution is 1.95. The molecule has 56 valence electrons. The number of ether oxygens (including phenoxy) is 1. The van der Waals surface area contributed by atoms with E-state index in [4.69, 9.17) is 4.74 Å². The van der Waals surface area contributed by atoms with Gasteiger partial charge in [0.05, 0.1) is 6.61 Å². The van der Waals surface area contributed by atoms with E-state index >= 15 is 0 Å². The Hall–Kier alpha value is -1.13. The molecule has 1 aromatic heterocycles. The minimum absolute atomic E-state index is 0.397. The first-order valence-corrected chi connectivity index (χ1v) is 3.30. The molecule has 10 heavy (non-hydrogen) atoms. The molecule has 0 unspecified atom stereocenters. The predicted octanol–water partition coefficient (Wildman–Crippen LogP) is 0.379. The fraction of sp³-hybridized carbons (Fsp3) is 0.800. The molecule has 0 bridgehead atoms. The van der Waals surface area contributed by atoms with Crippen molar-refractivity contribution in [2.45, 2.75) is 19.8 Å². The minimum Gasteiger partial charge on any atom is -0.463 e. The number of nitrogens with zero attached hydrogens (tertiary/aromatic N) is 3. The third-order valence-electron chi connectivity index (χ3n) is 1.06. The lowest BCUT2D eigenvalue weighted by Crippen LogP contribution is -1.97. The molecule has 1 rings (SSSR count). The number of rotatable bonds is 4. The number of tetrazole rings is 1. The zero-order valence-corrected chi connectivity index (χ0v) is 5.87. The second-order valence-corrected chi connectivity index (χ2v) is 1.91. The number of hydrogen-bond acceptors (Lipinski definition) is 4. The molecule has 0 aliphatic carbocycles. The van der Waals surface area contributed by atoms with Gasteiger partial charge in [-0.2, -0.15) is 0 Å². The van der Waals surface area contributed by atoms with Gasteiger partial charge in [-0.05, 0) is 16.8 Å². The van der Waals surface area contributed by atoms with Gasteiger partial charge in [0, 0.05) is 0 Å². The Labute approximate surface area is 58.8 Å². The van der Waals surface area contributed by atoms with Crippen LogP contribution in [0.3, 0.4) is 0 Å². The lowest BCUT2D eigenvalue weighted by Gasteiger charge is -1.96. The number of aromatic nitrogens is 4. The van der Waals surface area contributed by atoms with Gasteiger partial charge in [0.15, 0.2) is 0 Å². The molecule has 0 fully saturated rings. The molecule has 0 aromatic carbocycles. The highest BCUT2D eigenvalue weighted by molar-refractivity contribution is 4.80. The summed E-state index contributed by atoms with van der Waals surface area (Å²) in [4.78, 5) is 0. The standard InChI is InChI=1S/C5H10N4O/c1-2-3-4-10-5-6-8-9-7-5/h2-4H2,1H3,(H,6,7,8,9). The molecule has 0 atom stereocenters. The molecule has 0 saturated carbocycles. The Kier molecular flexibility index (Phi) is 2.66. The van der Waals surface area contributed by atoms with Crippen LogP contribution in [0, 0.1) is 0 Å². The zero-order chi connectivity index (χ0) is 7.23. The number of H-pyrrole nitrogens is 1. The van der Waals surface area contributed by atoms with Crippen LogP contribution in [0.2, 0.25) is 0 Å². The van der Waals surface area contributed by atoms with Gasteiger partial charge in [-0.25, -0.2) is 5.10 Å². The largest absolute Gasteiger partial charge is 0.463 e. The third-order valence-corrected chi connectivity index (χ3v) is 1.06. The molecular weight excluding hydrogens is 132 g/mol. The van der Waals surface area contributed by atoms with Crippen LogP contribution < -0.4 is 4.74 Å². The summed E-state index contributed by atoms with van der Waals surface area (Å²) in [6, 6.07) is 0.397. The van der Waals surface area contributed by atoms with Crippen LogP contribution in [0.25, 0.3) is 0 Å². The average molecular weight is 142 g/mol. The molecular formula is C5H10N4O. The van der Waals surface area contributed by atoms with Crippen molar-refractivity contribution in [2.24, 2.45) is 0 Å². The summed E-state index contributed by atoms with van der Waals surface area (Å²) >= 11 is 0.